The molecule has 0 saturated carbocycles. The number of aromatic nitrogens is 1. The zero-order valence-electron chi connectivity index (χ0n) is 11.0. The van der Waals surface area contributed by atoms with Gasteiger partial charge in [0.2, 0.25) is 5.91 Å². The molecule has 5 heteroatoms. The van der Waals surface area contributed by atoms with Crippen molar-refractivity contribution in [2.24, 2.45) is 5.92 Å². The van der Waals surface area contributed by atoms with E-state index in [0.717, 1.165) is 24.4 Å². The van der Waals surface area contributed by atoms with Crippen molar-refractivity contribution >= 4 is 17.2 Å². The Morgan fingerprint density at radius 1 is 1.67 bits per heavy atom. The molecule has 1 fully saturated rings. The van der Waals surface area contributed by atoms with Gasteiger partial charge < -0.3 is 10.6 Å². The normalized spacial score (nSPS) is 23.9. The zero-order chi connectivity index (χ0) is 13.0. The molecule has 0 radical (unpaired) electrons. The number of aryl methyl sites for hydroxylation is 1. The van der Waals surface area contributed by atoms with Crippen molar-refractivity contribution in [3.05, 3.63) is 16.1 Å². The largest absolute Gasteiger partial charge is 0.348 e. The minimum absolute atomic E-state index is 0.0234. The Labute approximate surface area is 112 Å². The Hall–Kier alpha value is -0.940. The van der Waals surface area contributed by atoms with Crippen LogP contribution in [0.25, 0.3) is 0 Å². The van der Waals surface area contributed by atoms with Crippen LogP contribution in [0.5, 0.6) is 0 Å². The first-order valence-corrected chi connectivity index (χ1v) is 7.43. The molecule has 1 aromatic rings. The fraction of sp³-hybridized carbons (Fsp3) is 0.692. The molecule has 2 atom stereocenters. The molecule has 2 heterocycles. The van der Waals surface area contributed by atoms with Crippen LogP contribution in [-0.4, -0.2) is 23.5 Å². The number of piperidine rings is 1. The van der Waals surface area contributed by atoms with E-state index in [2.05, 4.69) is 22.5 Å². The Morgan fingerprint density at radius 2 is 2.50 bits per heavy atom. The zero-order valence-corrected chi connectivity index (χ0v) is 11.8. The first-order chi connectivity index (χ1) is 8.69. The fourth-order valence-corrected chi connectivity index (χ4v) is 3.06. The molecule has 1 saturated heterocycles. The molecular weight excluding hydrogens is 246 g/mol. The van der Waals surface area contributed by atoms with Gasteiger partial charge in [0.05, 0.1) is 12.6 Å². The Balaban J connectivity index is 1.80. The van der Waals surface area contributed by atoms with Crippen LogP contribution in [0.3, 0.4) is 0 Å². The van der Waals surface area contributed by atoms with E-state index < -0.39 is 0 Å². The number of rotatable bonds is 4. The average molecular weight is 267 g/mol. The van der Waals surface area contributed by atoms with E-state index >= 15 is 0 Å². The number of thiazole rings is 1. The third-order valence-electron chi connectivity index (χ3n) is 3.49. The molecule has 2 unspecified atom stereocenters. The van der Waals surface area contributed by atoms with E-state index in [1.54, 1.807) is 11.3 Å². The fourth-order valence-electron chi connectivity index (χ4n) is 2.34. The Kier molecular flexibility index (Phi) is 4.72. The van der Waals surface area contributed by atoms with Gasteiger partial charge in [-0.3, -0.25) is 4.79 Å². The van der Waals surface area contributed by atoms with Crippen LogP contribution < -0.4 is 10.6 Å². The van der Waals surface area contributed by atoms with Crippen LogP contribution >= 0.6 is 11.3 Å². The lowest BCUT2D eigenvalue weighted by Crippen LogP contribution is -2.48. The Morgan fingerprint density at radius 3 is 3.17 bits per heavy atom. The van der Waals surface area contributed by atoms with Gasteiger partial charge in [-0.1, -0.05) is 13.3 Å². The molecule has 100 valence electrons. The molecule has 2 rings (SSSR count). The summed E-state index contributed by atoms with van der Waals surface area (Å²) >= 11 is 1.64. The summed E-state index contributed by atoms with van der Waals surface area (Å²) in [7, 11) is 0. The minimum Gasteiger partial charge on any atom is -0.348 e. The summed E-state index contributed by atoms with van der Waals surface area (Å²) in [6, 6.07) is -0.0234. The smallest absolute Gasteiger partial charge is 0.237 e. The lowest BCUT2D eigenvalue weighted by molar-refractivity contribution is -0.124. The molecule has 2 N–H and O–H groups in total. The van der Waals surface area contributed by atoms with Gasteiger partial charge in [0.15, 0.2) is 0 Å². The highest BCUT2D eigenvalue weighted by Gasteiger charge is 2.25. The summed E-state index contributed by atoms with van der Waals surface area (Å²) in [5, 5.41) is 7.24. The van der Waals surface area contributed by atoms with Crippen LogP contribution in [0.4, 0.5) is 0 Å². The van der Waals surface area contributed by atoms with E-state index in [1.165, 1.54) is 11.3 Å². The number of hydrogen-bond acceptors (Lipinski definition) is 4. The molecule has 1 aliphatic heterocycles. The quantitative estimate of drug-likeness (QED) is 0.875. The van der Waals surface area contributed by atoms with Gasteiger partial charge in [0.1, 0.15) is 5.01 Å². The first kappa shape index (κ1) is 13.5. The molecule has 1 amide bonds. The number of hydrogen-bond donors (Lipinski definition) is 2. The SMILES string of the molecule is CCC1CCNC(C(=O)NCc2ncc(C)s2)C1. The monoisotopic (exact) mass is 267 g/mol. The highest BCUT2D eigenvalue weighted by atomic mass is 32.1. The predicted octanol–water partition coefficient (Wildman–Crippen LogP) is 1.85. The maximum Gasteiger partial charge on any atom is 0.237 e. The van der Waals surface area contributed by atoms with Crippen molar-refractivity contribution in [3.8, 4) is 0 Å². The summed E-state index contributed by atoms with van der Waals surface area (Å²) in [6.45, 7) is 5.72. The van der Waals surface area contributed by atoms with E-state index in [4.69, 9.17) is 0 Å². The van der Waals surface area contributed by atoms with Crippen molar-refractivity contribution in [2.75, 3.05) is 6.54 Å². The molecule has 18 heavy (non-hydrogen) atoms. The van der Waals surface area contributed by atoms with E-state index in [-0.39, 0.29) is 11.9 Å². The average Bonchev–Trinajstić information content (AvgIpc) is 2.82. The summed E-state index contributed by atoms with van der Waals surface area (Å²) < 4.78 is 0. The van der Waals surface area contributed by atoms with Gasteiger partial charge in [-0.15, -0.1) is 11.3 Å². The van der Waals surface area contributed by atoms with Crippen LogP contribution in [-0.2, 0) is 11.3 Å². The van der Waals surface area contributed by atoms with E-state index in [0.29, 0.717) is 12.5 Å². The summed E-state index contributed by atoms with van der Waals surface area (Å²) in [5.41, 5.74) is 0. The van der Waals surface area contributed by atoms with Gasteiger partial charge in [-0.25, -0.2) is 4.98 Å². The molecule has 1 aromatic heterocycles. The molecule has 0 aliphatic carbocycles. The van der Waals surface area contributed by atoms with Crippen LogP contribution in [0.1, 0.15) is 36.1 Å². The second-order valence-electron chi connectivity index (χ2n) is 4.89. The summed E-state index contributed by atoms with van der Waals surface area (Å²) in [5.74, 6) is 0.796. The number of nitrogens with zero attached hydrogens (tertiary/aromatic N) is 1. The van der Waals surface area contributed by atoms with Crippen molar-refractivity contribution in [1.82, 2.24) is 15.6 Å². The minimum atomic E-state index is -0.0234. The Bertz CT molecular complexity index is 405. The lowest BCUT2D eigenvalue weighted by atomic mass is 9.90. The second-order valence-corrected chi connectivity index (χ2v) is 6.21. The first-order valence-electron chi connectivity index (χ1n) is 6.61. The maximum absolute atomic E-state index is 12.0. The van der Waals surface area contributed by atoms with Gasteiger partial charge >= 0.3 is 0 Å². The van der Waals surface area contributed by atoms with Gasteiger partial charge in [-0.2, -0.15) is 0 Å². The van der Waals surface area contributed by atoms with Crippen molar-refractivity contribution in [1.29, 1.82) is 0 Å². The van der Waals surface area contributed by atoms with Crippen LogP contribution in [0.15, 0.2) is 6.20 Å². The summed E-state index contributed by atoms with van der Waals surface area (Å²) in [4.78, 5) is 17.5. The van der Waals surface area contributed by atoms with Gasteiger partial charge in [0, 0.05) is 11.1 Å². The number of amides is 1. The molecule has 1 aliphatic rings. The molecule has 4 nitrogen and oxygen atoms in total. The van der Waals surface area contributed by atoms with Crippen molar-refractivity contribution in [2.45, 2.75) is 45.7 Å². The number of carbonyl (C=O) groups is 1. The molecule has 0 aromatic carbocycles. The van der Waals surface area contributed by atoms with Crippen molar-refractivity contribution in [3.63, 3.8) is 0 Å². The molecular formula is C13H21N3OS. The van der Waals surface area contributed by atoms with Crippen molar-refractivity contribution < 1.29 is 4.79 Å². The maximum atomic E-state index is 12.0. The van der Waals surface area contributed by atoms with E-state index in [9.17, 15) is 4.79 Å². The van der Waals surface area contributed by atoms with Gasteiger partial charge in [0.25, 0.3) is 0 Å². The van der Waals surface area contributed by atoms with E-state index in [1.807, 2.05) is 13.1 Å². The van der Waals surface area contributed by atoms with Crippen LogP contribution in [0.2, 0.25) is 0 Å². The van der Waals surface area contributed by atoms with Gasteiger partial charge in [-0.05, 0) is 32.2 Å². The second kappa shape index (κ2) is 6.29. The highest BCUT2D eigenvalue weighted by Crippen LogP contribution is 2.19. The third kappa shape index (κ3) is 3.53. The third-order valence-corrected chi connectivity index (χ3v) is 4.40. The van der Waals surface area contributed by atoms with Crippen LogP contribution in [0, 0.1) is 12.8 Å². The lowest BCUT2D eigenvalue weighted by Gasteiger charge is -2.28. The molecule has 0 bridgehead atoms. The topological polar surface area (TPSA) is 54.0 Å². The number of carbonyl (C=O) groups excluding carboxylic acids is 1. The standard InChI is InChI=1S/C13H21N3OS/c1-3-10-4-5-14-11(6-10)13(17)16-8-12-15-7-9(2)18-12/h7,10-11,14H,3-6,8H2,1-2H3,(H,16,17). The summed E-state index contributed by atoms with van der Waals surface area (Å²) in [6.07, 6.45) is 5.15. The predicted molar refractivity (Wildman–Crippen MR) is 73.5 cm³/mol. The number of nitrogens with one attached hydrogen (secondary N) is 2. The molecule has 0 spiro atoms. The highest BCUT2D eigenvalue weighted by molar-refractivity contribution is 7.11.